The molecule has 0 aromatic heterocycles. The van der Waals surface area contributed by atoms with Crippen molar-refractivity contribution in [2.24, 2.45) is 0 Å². The van der Waals surface area contributed by atoms with Crippen LogP contribution in [-0.4, -0.2) is 18.4 Å². The first-order chi connectivity index (χ1) is 11.5. The first kappa shape index (κ1) is 18.6. The maximum absolute atomic E-state index is 11.4. The monoisotopic (exact) mass is 414 g/mol. The van der Waals surface area contributed by atoms with Crippen molar-refractivity contribution in [1.82, 2.24) is 0 Å². The normalized spacial score (nSPS) is 10.4. The minimum Gasteiger partial charge on any atom is -0.488 e. The van der Waals surface area contributed by atoms with Crippen LogP contribution in [0.2, 0.25) is 5.02 Å². The molecule has 0 aliphatic rings. The summed E-state index contributed by atoms with van der Waals surface area (Å²) in [6.07, 6.45) is -0.842. The van der Waals surface area contributed by atoms with Crippen molar-refractivity contribution < 1.29 is 24.1 Å². The van der Waals surface area contributed by atoms with Gasteiger partial charge in [-0.15, -0.1) is 0 Å². The Balaban J connectivity index is 2.28. The molecule has 0 fully saturated rings. The Bertz CT molecular complexity index is 748. The van der Waals surface area contributed by atoms with E-state index in [0.29, 0.717) is 21.9 Å². The summed E-state index contributed by atoms with van der Waals surface area (Å²) in [6.45, 7) is 1.76. The fourth-order valence-corrected chi connectivity index (χ4v) is 2.76. The maximum Gasteiger partial charge on any atom is 0.513 e. The highest BCUT2D eigenvalue weighted by atomic mass is 79.9. The molecule has 2 aromatic rings. The molecule has 0 bridgehead atoms. The standard InChI is InChI=1S/C17H16BrClO5/c1-10-6-13(18)16(7-14(10)19)23-9-12-11(8-20)4-3-5-15(12)24-17(21)22-2/h3-7,20H,8-9H2,1-2H3. The number of ether oxygens (including phenoxy) is 3. The van der Waals surface area contributed by atoms with Crippen molar-refractivity contribution in [3.63, 3.8) is 0 Å². The van der Waals surface area contributed by atoms with Crippen LogP contribution in [0.5, 0.6) is 11.5 Å². The molecule has 24 heavy (non-hydrogen) atoms. The first-order valence-corrected chi connectivity index (χ1v) is 8.19. The maximum atomic E-state index is 11.4. The molecule has 0 saturated heterocycles. The molecule has 2 aromatic carbocycles. The fourth-order valence-electron chi connectivity index (χ4n) is 2.04. The van der Waals surface area contributed by atoms with Crippen LogP contribution in [0.15, 0.2) is 34.8 Å². The van der Waals surface area contributed by atoms with Crippen LogP contribution >= 0.6 is 27.5 Å². The van der Waals surface area contributed by atoms with E-state index >= 15 is 0 Å². The van der Waals surface area contributed by atoms with Gasteiger partial charge in [0, 0.05) is 16.7 Å². The van der Waals surface area contributed by atoms with Crippen LogP contribution in [0, 0.1) is 6.92 Å². The van der Waals surface area contributed by atoms with E-state index in [1.807, 2.05) is 13.0 Å². The molecule has 0 spiro atoms. The lowest BCUT2D eigenvalue weighted by Crippen LogP contribution is -2.11. The van der Waals surface area contributed by atoms with Gasteiger partial charge < -0.3 is 19.3 Å². The molecule has 2 rings (SSSR count). The van der Waals surface area contributed by atoms with Gasteiger partial charge in [0.15, 0.2) is 0 Å². The van der Waals surface area contributed by atoms with Crippen LogP contribution in [0.4, 0.5) is 4.79 Å². The van der Waals surface area contributed by atoms with Gasteiger partial charge in [-0.05, 0) is 46.1 Å². The minimum absolute atomic E-state index is 0.0844. The molecular weight excluding hydrogens is 400 g/mol. The molecule has 128 valence electrons. The number of rotatable bonds is 5. The lowest BCUT2D eigenvalue weighted by molar-refractivity contribution is 0.120. The molecule has 0 aliphatic heterocycles. The summed E-state index contributed by atoms with van der Waals surface area (Å²) < 4.78 is 16.1. The minimum atomic E-state index is -0.842. The highest BCUT2D eigenvalue weighted by molar-refractivity contribution is 9.10. The van der Waals surface area contributed by atoms with Gasteiger partial charge >= 0.3 is 6.16 Å². The fraction of sp³-hybridized carbons (Fsp3) is 0.235. The van der Waals surface area contributed by atoms with Crippen molar-refractivity contribution in [3.05, 3.63) is 56.5 Å². The molecule has 0 unspecified atom stereocenters. The molecule has 7 heteroatoms. The van der Waals surface area contributed by atoms with Gasteiger partial charge in [0.05, 0.1) is 18.2 Å². The molecule has 0 atom stereocenters. The highest BCUT2D eigenvalue weighted by Crippen LogP contribution is 2.33. The summed E-state index contributed by atoms with van der Waals surface area (Å²) in [6, 6.07) is 8.54. The van der Waals surface area contributed by atoms with Crippen LogP contribution in [0.3, 0.4) is 0 Å². The van der Waals surface area contributed by atoms with Crippen molar-refractivity contribution in [2.45, 2.75) is 20.1 Å². The number of methoxy groups -OCH3 is 1. The molecular formula is C17H16BrClO5. The SMILES string of the molecule is COC(=O)Oc1cccc(CO)c1COc1cc(Cl)c(C)cc1Br. The van der Waals surface area contributed by atoms with E-state index in [9.17, 15) is 9.90 Å². The molecule has 5 nitrogen and oxygen atoms in total. The second-order valence-electron chi connectivity index (χ2n) is 4.93. The number of benzene rings is 2. The molecule has 0 aliphatic carbocycles. The van der Waals surface area contributed by atoms with E-state index in [1.54, 1.807) is 24.3 Å². The lowest BCUT2D eigenvalue weighted by atomic mass is 10.1. The van der Waals surface area contributed by atoms with Crippen LogP contribution < -0.4 is 9.47 Å². The van der Waals surface area contributed by atoms with E-state index < -0.39 is 6.16 Å². The number of hydrogen-bond donors (Lipinski definition) is 1. The first-order valence-electron chi connectivity index (χ1n) is 7.02. The Labute approximate surface area is 153 Å². The number of carbonyl (C=O) groups is 1. The molecule has 1 N–H and O–H groups in total. The Morgan fingerprint density at radius 2 is 2.04 bits per heavy atom. The third kappa shape index (κ3) is 4.41. The highest BCUT2D eigenvalue weighted by Gasteiger charge is 2.15. The van der Waals surface area contributed by atoms with Gasteiger partial charge in [-0.25, -0.2) is 4.79 Å². The third-order valence-electron chi connectivity index (χ3n) is 3.35. The Hall–Kier alpha value is -1.76. The van der Waals surface area contributed by atoms with Gasteiger partial charge in [0.1, 0.15) is 18.1 Å². The summed E-state index contributed by atoms with van der Waals surface area (Å²) in [5.41, 5.74) is 2.06. The second kappa shape index (κ2) is 8.37. The smallest absolute Gasteiger partial charge is 0.488 e. The number of carbonyl (C=O) groups excluding carboxylic acids is 1. The lowest BCUT2D eigenvalue weighted by Gasteiger charge is -2.15. The van der Waals surface area contributed by atoms with Crippen molar-refractivity contribution in [1.29, 1.82) is 0 Å². The van der Waals surface area contributed by atoms with Crippen molar-refractivity contribution in [3.8, 4) is 11.5 Å². The zero-order valence-corrected chi connectivity index (χ0v) is 15.5. The summed E-state index contributed by atoms with van der Waals surface area (Å²) in [4.78, 5) is 11.4. The zero-order valence-electron chi connectivity index (χ0n) is 13.1. The van der Waals surface area contributed by atoms with Gasteiger partial charge in [-0.2, -0.15) is 0 Å². The Morgan fingerprint density at radius 1 is 1.29 bits per heavy atom. The van der Waals surface area contributed by atoms with Crippen LogP contribution in [0.1, 0.15) is 16.7 Å². The number of aryl methyl sites for hydroxylation is 1. The summed E-state index contributed by atoms with van der Waals surface area (Å²) in [7, 11) is 1.22. The number of hydrogen-bond acceptors (Lipinski definition) is 5. The number of aliphatic hydroxyl groups is 1. The number of halogens is 2. The van der Waals surface area contributed by atoms with Crippen LogP contribution in [-0.2, 0) is 18.0 Å². The van der Waals surface area contributed by atoms with Crippen LogP contribution in [0.25, 0.3) is 0 Å². The summed E-state index contributed by atoms with van der Waals surface area (Å²) in [5, 5.41) is 10.1. The summed E-state index contributed by atoms with van der Waals surface area (Å²) >= 11 is 9.54. The van der Waals surface area contributed by atoms with Gasteiger partial charge in [-0.3, -0.25) is 0 Å². The van der Waals surface area contributed by atoms with Crippen molar-refractivity contribution >= 4 is 33.7 Å². The van der Waals surface area contributed by atoms with Gasteiger partial charge in [-0.1, -0.05) is 23.7 Å². The van der Waals surface area contributed by atoms with E-state index in [2.05, 4.69) is 20.7 Å². The Morgan fingerprint density at radius 3 is 2.71 bits per heavy atom. The number of aliphatic hydroxyl groups excluding tert-OH is 1. The molecule has 0 saturated carbocycles. The van der Waals surface area contributed by atoms with E-state index in [4.69, 9.17) is 21.1 Å². The molecule has 0 radical (unpaired) electrons. The topological polar surface area (TPSA) is 65.0 Å². The average Bonchev–Trinajstić information content (AvgIpc) is 2.57. The van der Waals surface area contributed by atoms with Crippen molar-refractivity contribution in [2.75, 3.05) is 7.11 Å². The largest absolute Gasteiger partial charge is 0.513 e. The van der Waals surface area contributed by atoms with E-state index in [-0.39, 0.29) is 19.0 Å². The summed E-state index contributed by atoms with van der Waals surface area (Å²) in [5.74, 6) is 0.810. The molecule has 0 heterocycles. The predicted octanol–water partition coefficient (Wildman–Crippen LogP) is 4.63. The predicted molar refractivity (Wildman–Crippen MR) is 93.6 cm³/mol. The third-order valence-corrected chi connectivity index (χ3v) is 4.37. The quantitative estimate of drug-likeness (QED) is 0.570. The van der Waals surface area contributed by atoms with Gasteiger partial charge in [0.2, 0.25) is 0 Å². The van der Waals surface area contributed by atoms with E-state index in [0.717, 1.165) is 10.0 Å². The average molecular weight is 416 g/mol. The Kier molecular flexibility index (Phi) is 6.48. The second-order valence-corrected chi connectivity index (χ2v) is 6.19. The van der Waals surface area contributed by atoms with Gasteiger partial charge in [0.25, 0.3) is 0 Å². The molecule has 0 amide bonds. The zero-order chi connectivity index (χ0) is 17.7. The van der Waals surface area contributed by atoms with E-state index in [1.165, 1.54) is 7.11 Å².